The number of rotatable bonds is 3. The van der Waals surface area contributed by atoms with Gasteiger partial charge in [0.05, 0.1) is 11.2 Å². The number of oxime groups is 1. The average molecular weight is 245 g/mol. The maximum absolute atomic E-state index is 11.5. The summed E-state index contributed by atoms with van der Waals surface area (Å²) in [6.45, 7) is 3.39. The zero-order valence-corrected chi connectivity index (χ0v) is 9.99. The molecule has 88 valence electrons. The quantitative estimate of drug-likeness (QED) is 0.470. The Hall–Kier alpha value is -1.56. The third kappa shape index (κ3) is 2.16. The van der Waals surface area contributed by atoms with Crippen molar-refractivity contribution in [1.29, 1.82) is 0 Å². The Bertz CT molecular complexity index is 425. The van der Waals surface area contributed by atoms with Crippen molar-refractivity contribution in [2.24, 2.45) is 5.16 Å². The van der Waals surface area contributed by atoms with Gasteiger partial charge in [-0.25, -0.2) is 0 Å². The van der Waals surface area contributed by atoms with Crippen molar-refractivity contribution in [2.45, 2.75) is 19.4 Å². The van der Waals surface area contributed by atoms with Crippen LogP contribution in [-0.4, -0.2) is 33.7 Å². The predicted molar refractivity (Wildman–Crippen MR) is 59.8 cm³/mol. The Balaban J connectivity index is 3.14. The number of nitrogens with one attached hydrogen (secondary N) is 1. The van der Waals surface area contributed by atoms with Crippen molar-refractivity contribution in [1.82, 2.24) is 15.1 Å². The van der Waals surface area contributed by atoms with Crippen LogP contribution in [0.2, 0.25) is 5.02 Å². The fourth-order valence-electron chi connectivity index (χ4n) is 1.28. The maximum Gasteiger partial charge on any atom is 0.271 e. The standard InChI is InChI=1S/C9H13ClN4O2/c1-9(2,7(13-16)8(15)11-3)14-5-6(10)4-12-14/h4-5,16H,1-3H3,(H,11,15). The molecule has 0 aromatic carbocycles. The molecule has 1 aromatic rings. The monoisotopic (exact) mass is 244 g/mol. The number of hydrogen-bond donors (Lipinski definition) is 2. The zero-order valence-electron chi connectivity index (χ0n) is 9.23. The molecule has 0 atom stereocenters. The van der Waals surface area contributed by atoms with Gasteiger partial charge in [-0.05, 0) is 13.8 Å². The van der Waals surface area contributed by atoms with Gasteiger partial charge in [-0.3, -0.25) is 9.48 Å². The first-order valence-corrected chi connectivity index (χ1v) is 4.96. The van der Waals surface area contributed by atoms with Crippen LogP contribution in [-0.2, 0) is 10.3 Å². The van der Waals surface area contributed by atoms with E-state index in [4.69, 9.17) is 16.8 Å². The van der Waals surface area contributed by atoms with E-state index in [0.29, 0.717) is 5.02 Å². The fraction of sp³-hybridized carbons (Fsp3) is 0.444. The van der Waals surface area contributed by atoms with Crippen LogP contribution in [0.4, 0.5) is 0 Å². The molecule has 0 spiro atoms. The van der Waals surface area contributed by atoms with Crippen molar-refractivity contribution < 1.29 is 10.0 Å². The molecule has 1 rings (SSSR count). The van der Waals surface area contributed by atoms with Crippen LogP contribution < -0.4 is 5.32 Å². The first-order chi connectivity index (χ1) is 7.43. The van der Waals surface area contributed by atoms with E-state index in [-0.39, 0.29) is 5.71 Å². The van der Waals surface area contributed by atoms with Gasteiger partial charge in [-0.15, -0.1) is 0 Å². The lowest BCUT2D eigenvalue weighted by Gasteiger charge is -2.24. The van der Waals surface area contributed by atoms with Gasteiger partial charge in [0.2, 0.25) is 0 Å². The number of aromatic nitrogens is 2. The SMILES string of the molecule is CNC(=O)C(=NO)C(C)(C)n1cc(Cl)cn1. The number of amides is 1. The van der Waals surface area contributed by atoms with Crippen LogP contribution in [0.5, 0.6) is 0 Å². The summed E-state index contributed by atoms with van der Waals surface area (Å²) in [4.78, 5) is 11.5. The minimum Gasteiger partial charge on any atom is -0.410 e. The van der Waals surface area contributed by atoms with E-state index in [1.807, 2.05) is 0 Å². The second kappa shape index (κ2) is 4.52. The molecule has 0 saturated heterocycles. The van der Waals surface area contributed by atoms with E-state index in [1.165, 1.54) is 17.9 Å². The van der Waals surface area contributed by atoms with Gasteiger partial charge in [0.15, 0.2) is 5.71 Å². The highest BCUT2D eigenvalue weighted by Crippen LogP contribution is 2.19. The van der Waals surface area contributed by atoms with Gasteiger partial charge in [-0.2, -0.15) is 5.10 Å². The van der Waals surface area contributed by atoms with Gasteiger partial charge in [0.25, 0.3) is 5.91 Å². The lowest BCUT2D eigenvalue weighted by Crippen LogP contribution is -2.45. The fourth-order valence-corrected chi connectivity index (χ4v) is 1.42. The first-order valence-electron chi connectivity index (χ1n) is 4.58. The Morgan fingerprint density at radius 2 is 2.31 bits per heavy atom. The molecule has 0 bridgehead atoms. The lowest BCUT2D eigenvalue weighted by molar-refractivity contribution is -0.114. The summed E-state index contributed by atoms with van der Waals surface area (Å²) in [6.07, 6.45) is 3.00. The Labute approximate surface area is 97.9 Å². The van der Waals surface area contributed by atoms with Gasteiger partial charge in [0, 0.05) is 13.2 Å². The second-order valence-electron chi connectivity index (χ2n) is 3.69. The molecule has 0 saturated carbocycles. The minimum absolute atomic E-state index is 0.0465. The van der Waals surface area contributed by atoms with Crippen LogP contribution in [0.1, 0.15) is 13.8 Å². The Morgan fingerprint density at radius 3 is 2.69 bits per heavy atom. The maximum atomic E-state index is 11.5. The molecule has 1 amide bonds. The summed E-state index contributed by atoms with van der Waals surface area (Å²) in [5.74, 6) is -0.473. The van der Waals surface area contributed by atoms with Gasteiger partial charge in [-0.1, -0.05) is 16.8 Å². The van der Waals surface area contributed by atoms with E-state index in [0.717, 1.165) is 0 Å². The highest BCUT2D eigenvalue weighted by Gasteiger charge is 2.33. The molecule has 16 heavy (non-hydrogen) atoms. The van der Waals surface area contributed by atoms with Crippen LogP contribution in [0, 0.1) is 0 Å². The second-order valence-corrected chi connectivity index (χ2v) is 4.13. The van der Waals surface area contributed by atoms with Crippen molar-refractivity contribution >= 4 is 23.2 Å². The van der Waals surface area contributed by atoms with Crippen molar-refractivity contribution in [3.8, 4) is 0 Å². The van der Waals surface area contributed by atoms with E-state index >= 15 is 0 Å². The molecular weight excluding hydrogens is 232 g/mol. The summed E-state index contributed by atoms with van der Waals surface area (Å²) in [5.41, 5.74) is -0.933. The van der Waals surface area contributed by atoms with E-state index in [1.54, 1.807) is 20.0 Å². The number of carbonyl (C=O) groups is 1. The molecule has 0 aliphatic carbocycles. The van der Waals surface area contributed by atoms with E-state index in [9.17, 15) is 4.79 Å². The Morgan fingerprint density at radius 1 is 1.69 bits per heavy atom. The number of carbonyl (C=O) groups excluding carboxylic acids is 1. The normalized spacial score (nSPS) is 12.6. The summed E-state index contributed by atoms with van der Waals surface area (Å²) >= 11 is 5.74. The van der Waals surface area contributed by atoms with Crippen molar-refractivity contribution in [3.05, 3.63) is 17.4 Å². The molecule has 0 aliphatic heterocycles. The molecular formula is C9H13ClN4O2. The van der Waals surface area contributed by atoms with E-state index in [2.05, 4.69) is 15.6 Å². The molecule has 0 unspecified atom stereocenters. The molecule has 1 aromatic heterocycles. The van der Waals surface area contributed by atoms with Gasteiger partial charge < -0.3 is 10.5 Å². The van der Waals surface area contributed by atoms with Crippen molar-refractivity contribution in [2.75, 3.05) is 7.05 Å². The summed E-state index contributed by atoms with van der Waals surface area (Å²) in [7, 11) is 1.46. The van der Waals surface area contributed by atoms with Crippen LogP contribution in [0.3, 0.4) is 0 Å². The highest BCUT2D eigenvalue weighted by molar-refractivity contribution is 6.41. The van der Waals surface area contributed by atoms with E-state index < -0.39 is 11.4 Å². The highest BCUT2D eigenvalue weighted by atomic mass is 35.5. The van der Waals surface area contributed by atoms with Crippen molar-refractivity contribution in [3.63, 3.8) is 0 Å². The third-order valence-corrected chi connectivity index (χ3v) is 2.44. The molecule has 6 nitrogen and oxygen atoms in total. The Kier molecular flexibility index (Phi) is 3.54. The first kappa shape index (κ1) is 12.5. The lowest BCUT2D eigenvalue weighted by atomic mass is 9.98. The van der Waals surface area contributed by atoms with Crippen LogP contribution in [0.25, 0.3) is 0 Å². The molecule has 2 N–H and O–H groups in total. The molecule has 0 radical (unpaired) electrons. The number of hydrogen-bond acceptors (Lipinski definition) is 4. The van der Waals surface area contributed by atoms with Gasteiger partial charge in [0.1, 0.15) is 5.54 Å². The molecule has 7 heteroatoms. The topological polar surface area (TPSA) is 79.5 Å². The largest absolute Gasteiger partial charge is 0.410 e. The average Bonchev–Trinajstić information content (AvgIpc) is 2.65. The smallest absolute Gasteiger partial charge is 0.271 e. The minimum atomic E-state index is -0.887. The number of nitrogens with zero attached hydrogens (tertiary/aromatic N) is 3. The molecule has 0 aliphatic rings. The summed E-state index contributed by atoms with van der Waals surface area (Å²) in [6, 6.07) is 0. The van der Waals surface area contributed by atoms with Crippen LogP contribution in [0.15, 0.2) is 17.5 Å². The summed E-state index contributed by atoms with van der Waals surface area (Å²) in [5, 5.41) is 18.7. The predicted octanol–water partition coefficient (Wildman–Crippen LogP) is 0.848. The number of halogens is 1. The summed E-state index contributed by atoms with van der Waals surface area (Å²) < 4.78 is 1.46. The van der Waals surface area contributed by atoms with Crippen LogP contribution >= 0.6 is 11.6 Å². The molecule has 1 heterocycles. The van der Waals surface area contributed by atoms with Gasteiger partial charge >= 0.3 is 0 Å². The third-order valence-electron chi connectivity index (χ3n) is 2.25. The zero-order chi connectivity index (χ0) is 12.3. The molecule has 0 fully saturated rings.